The lowest BCUT2D eigenvalue weighted by molar-refractivity contribution is -0.140. The van der Waals surface area contributed by atoms with E-state index in [0.717, 1.165) is 7.11 Å². The van der Waals surface area contributed by atoms with Crippen molar-refractivity contribution < 1.29 is 37.0 Å². The van der Waals surface area contributed by atoms with Gasteiger partial charge in [-0.25, -0.2) is 13.6 Å². The lowest BCUT2D eigenvalue weighted by Gasteiger charge is -2.05. The zero-order chi connectivity index (χ0) is 13.1. The van der Waals surface area contributed by atoms with Gasteiger partial charge in [-0.05, 0) is 6.92 Å². The third kappa shape index (κ3) is 12.5. The fraction of sp³-hybridized carbons (Fsp3) is 0.750. The Bertz CT molecular complexity index is 210. The molecule has 0 fully saturated rings. The van der Waals surface area contributed by atoms with Gasteiger partial charge < -0.3 is 14.2 Å². The maximum absolute atomic E-state index is 11.7. The molecule has 0 spiro atoms. The molecule has 8 heteroatoms. The van der Waals surface area contributed by atoms with Crippen molar-refractivity contribution in [2.45, 2.75) is 26.6 Å². The van der Waals surface area contributed by atoms with Gasteiger partial charge in [0.25, 0.3) is 0 Å². The van der Waals surface area contributed by atoms with Gasteiger partial charge in [-0.2, -0.15) is 4.39 Å². The maximum atomic E-state index is 11.7. The Morgan fingerprint density at radius 3 is 1.94 bits per heavy atom. The third-order valence-electron chi connectivity index (χ3n) is 0.921. The summed E-state index contributed by atoms with van der Waals surface area (Å²) in [6, 6.07) is 0. The van der Waals surface area contributed by atoms with Gasteiger partial charge >= 0.3 is 24.9 Å². The molecule has 96 valence electrons. The Balaban J connectivity index is 0. The van der Waals surface area contributed by atoms with Gasteiger partial charge in [0.2, 0.25) is 0 Å². The molecule has 0 aliphatic heterocycles. The Hall–Kier alpha value is -1.47. The number of carbonyl (C=O) groups is 2. The molecule has 1 atom stereocenters. The van der Waals surface area contributed by atoms with Crippen LogP contribution in [0, 0.1) is 0 Å². The first-order valence-electron chi connectivity index (χ1n) is 4.15. The van der Waals surface area contributed by atoms with Crippen molar-refractivity contribution in [3.8, 4) is 0 Å². The molecular weight excluding hydrogens is 233 g/mol. The van der Waals surface area contributed by atoms with E-state index in [2.05, 4.69) is 14.2 Å². The van der Waals surface area contributed by atoms with Crippen molar-refractivity contribution in [3.05, 3.63) is 0 Å². The largest absolute Gasteiger partial charge is 0.510 e. The number of esters is 1. The van der Waals surface area contributed by atoms with Crippen molar-refractivity contribution in [1.29, 1.82) is 0 Å². The summed E-state index contributed by atoms with van der Waals surface area (Å²) < 4.78 is 45.6. The zero-order valence-corrected chi connectivity index (χ0v) is 9.04. The molecule has 0 heterocycles. The topological polar surface area (TPSA) is 61.8 Å². The molecular formula is C8H13F3O5. The zero-order valence-electron chi connectivity index (χ0n) is 9.04. The third-order valence-corrected chi connectivity index (χ3v) is 0.921. The molecule has 0 N–H and O–H groups in total. The first-order valence-corrected chi connectivity index (χ1v) is 4.15. The van der Waals surface area contributed by atoms with E-state index in [1.807, 2.05) is 0 Å². The van der Waals surface area contributed by atoms with E-state index in [-0.39, 0.29) is 5.97 Å². The highest BCUT2D eigenvalue weighted by molar-refractivity contribution is 5.65. The first kappa shape index (κ1) is 16.9. The summed E-state index contributed by atoms with van der Waals surface area (Å²) in [5, 5.41) is 0. The number of hydrogen-bond donors (Lipinski definition) is 0. The second kappa shape index (κ2) is 10.1. The molecule has 0 saturated carbocycles. The lowest BCUT2D eigenvalue weighted by atomic mass is 10.7. The van der Waals surface area contributed by atoms with Gasteiger partial charge in [-0.1, -0.05) is 0 Å². The van der Waals surface area contributed by atoms with Crippen LogP contribution in [-0.2, 0) is 19.0 Å². The van der Waals surface area contributed by atoms with Crippen LogP contribution in [0.2, 0.25) is 0 Å². The summed E-state index contributed by atoms with van der Waals surface area (Å²) in [7, 11) is 0.889. The lowest BCUT2D eigenvalue weighted by Crippen LogP contribution is -2.20. The minimum absolute atomic E-state index is 0.211. The monoisotopic (exact) mass is 246 g/mol. The smallest absolute Gasteiger partial charge is 0.466 e. The Kier molecular flexibility index (Phi) is 10.7. The second-order valence-electron chi connectivity index (χ2n) is 2.18. The van der Waals surface area contributed by atoms with Crippen LogP contribution in [0.1, 0.15) is 13.8 Å². The summed E-state index contributed by atoms with van der Waals surface area (Å²) in [4.78, 5) is 19.7. The second-order valence-corrected chi connectivity index (χ2v) is 2.18. The molecule has 0 amide bonds. The molecule has 0 aliphatic carbocycles. The van der Waals surface area contributed by atoms with E-state index in [9.17, 15) is 22.8 Å². The summed E-state index contributed by atoms with van der Waals surface area (Å²) in [5.74, 6) is -0.211. The molecule has 0 aromatic carbocycles. The fourth-order valence-electron chi connectivity index (χ4n) is 0.395. The van der Waals surface area contributed by atoms with Gasteiger partial charge in [0.15, 0.2) is 0 Å². The Morgan fingerprint density at radius 2 is 1.75 bits per heavy atom. The van der Waals surface area contributed by atoms with Crippen LogP contribution in [0.5, 0.6) is 0 Å². The molecule has 0 aromatic rings. The number of carbonyl (C=O) groups excluding carboxylic acids is 2. The van der Waals surface area contributed by atoms with E-state index in [1.54, 1.807) is 6.92 Å². The molecule has 0 aliphatic rings. The average molecular weight is 246 g/mol. The van der Waals surface area contributed by atoms with Crippen molar-refractivity contribution in [2.75, 3.05) is 13.7 Å². The highest BCUT2D eigenvalue weighted by atomic mass is 19.3. The maximum Gasteiger partial charge on any atom is 0.510 e. The van der Waals surface area contributed by atoms with Gasteiger partial charge in [0.1, 0.15) is 0 Å². The van der Waals surface area contributed by atoms with Crippen molar-refractivity contribution in [1.82, 2.24) is 0 Å². The normalized spacial score (nSPS) is 10.9. The van der Waals surface area contributed by atoms with Crippen LogP contribution in [0.4, 0.5) is 18.0 Å². The number of rotatable bonds is 3. The van der Waals surface area contributed by atoms with Crippen LogP contribution in [0.15, 0.2) is 0 Å². The molecule has 5 nitrogen and oxygen atoms in total. The summed E-state index contributed by atoms with van der Waals surface area (Å²) in [6.07, 6.45) is -7.71. The number of ether oxygens (including phenoxy) is 3. The van der Waals surface area contributed by atoms with Crippen LogP contribution in [0.25, 0.3) is 0 Å². The molecule has 0 rings (SSSR count). The van der Waals surface area contributed by atoms with Gasteiger partial charge in [-0.3, -0.25) is 4.79 Å². The van der Waals surface area contributed by atoms with Gasteiger partial charge in [0.05, 0.1) is 13.7 Å². The molecule has 0 saturated heterocycles. The summed E-state index contributed by atoms with van der Waals surface area (Å²) in [6.45, 7) is 3.65. The average Bonchev–Trinajstić information content (AvgIpc) is 2.18. The van der Waals surface area contributed by atoms with E-state index < -0.39 is 18.9 Å². The predicted molar refractivity (Wildman–Crippen MR) is 46.7 cm³/mol. The van der Waals surface area contributed by atoms with E-state index in [0.29, 0.717) is 6.61 Å². The van der Waals surface area contributed by atoms with Crippen LogP contribution >= 0.6 is 0 Å². The van der Waals surface area contributed by atoms with Crippen LogP contribution in [0.3, 0.4) is 0 Å². The molecule has 0 aromatic heterocycles. The fourth-order valence-corrected chi connectivity index (χ4v) is 0.395. The van der Waals surface area contributed by atoms with E-state index in [4.69, 9.17) is 0 Å². The number of hydrogen-bond acceptors (Lipinski definition) is 5. The van der Waals surface area contributed by atoms with Gasteiger partial charge in [0, 0.05) is 6.92 Å². The SMILES string of the molecule is CCOC(C)=O.COC(=O)OC(F)C(F)F. The van der Waals surface area contributed by atoms with Crippen molar-refractivity contribution >= 4 is 12.1 Å². The van der Waals surface area contributed by atoms with Crippen LogP contribution in [-0.4, -0.2) is 38.6 Å². The predicted octanol–water partition coefficient (Wildman–Crippen LogP) is 1.90. The van der Waals surface area contributed by atoms with Gasteiger partial charge in [-0.15, -0.1) is 0 Å². The molecule has 0 radical (unpaired) electrons. The minimum Gasteiger partial charge on any atom is -0.466 e. The van der Waals surface area contributed by atoms with Crippen molar-refractivity contribution in [3.63, 3.8) is 0 Å². The highest BCUT2D eigenvalue weighted by Crippen LogP contribution is 2.07. The molecule has 16 heavy (non-hydrogen) atoms. The number of halogens is 3. The van der Waals surface area contributed by atoms with Crippen LogP contribution < -0.4 is 0 Å². The quantitative estimate of drug-likeness (QED) is 0.711. The summed E-state index contributed by atoms with van der Waals surface area (Å²) in [5.41, 5.74) is 0. The van der Waals surface area contributed by atoms with E-state index >= 15 is 0 Å². The standard InChI is InChI=1S/C4H5F3O3.C4H8O2/c1-9-4(8)10-3(7)2(5)6;1-3-6-4(2)5/h2-3H,1H3;3H2,1-2H3. The van der Waals surface area contributed by atoms with Crippen molar-refractivity contribution in [2.24, 2.45) is 0 Å². The number of methoxy groups -OCH3 is 1. The molecule has 0 bridgehead atoms. The Labute approximate surface area is 90.5 Å². The number of alkyl halides is 3. The minimum atomic E-state index is -3.33. The highest BCUT2D eigenvalue weighted by Gasteiger charge is 2.23. The van der Waals surface area contributed by atoms with E-state index in [1.165, 1.54) is 6.92 Å². The molecule has 1 unspecified atom stereocenters. The Morgan fingerprint density at radius 1 is 1.25 bits per heavy atom. The first-order chi connectivity index (χ1) is 7.34. The summed E-state index contributed by atoms with van der Waals surface area (Å²) >= 11 is 0.